The summed E-state index contributed by atoms with van der Waals surface area (Å²) < 4.78 is 74.4. The molecule has 0 radical (unpaired) electrons. The van der Waals surface area contributed by atoms with Crippen molar-refractivity contribution in [3.8, 4) is 34.2 Å². The fourth-order valence-electron chi connectivity index (χ4n) is 5.25. The molecule has 2 heterocycles. The predicted octanol–water partition coefficient (Wildman–Crippen LogP) is 6.93. The molecule has 11 nitrogen and oxygen atoms in total. The Kier molecular flexibility index (Phi) is 9.70. The molecule has 0 fully saturated rings. The lowest BCUT2D eigenvalue weighted by atomic mass is 10.0. The quantitative estimate of drug-likeness (QED) is 0.144. The summed E-state index contributed by atoms with van der Waals surface area (Å²) in [4.78, 5) is 22.6. The van der Waals surface area contributed by atoms with E-state index in [1.807, 2.05) is 24.3 Å². The van der Waals surface area contributed by atoms with E-state index in [9.17, 15) is 22.0 Å². The van der Waals surface area contributed by atoms with Gasteiger partial charge >= 0.3 is 0 Å². The molecule has 15 heteroatoms. The van der Waals surface area contributed by atoms with Gasteiger partial charge in [0, 0.05) is 28.8 Å². The Morgan fingerprint density at radius 3 is 2.36 bits per heavy atom. The fraction of sp³-hybridized carbons (Fsp3) is 0.114. The number of fused-ring (bicyclic) bond motifs is 1. The minimum absolute atomic E-state index is 0.0937. The van der Waals surface area contributed by atoms with E-state index in [1.54, 1.807) is 50.6 Å². The highest BCUT2D eigenvalue weighted by atomic mass is 79.9. The van der Waals surface area contributed by atoms with E-state index in [-0.39, 0.29) is 28.5 Å². The summed E-state index contributed by atoms with van der Waals surface area (Å²) in [7, 11) is -0.112. The van der Waals surface area contributed by atoms with E-state index < -0.39 is 26.6 Å². The second-order valence-electron chi connectivity index (χ2n) is 10.8. The van der Waals surface area contributed by atoms with Gasteiger partial charge in [0.25, 0.3) is 15.6 Å². The highest BCUT2D eigenvalue weighted by molar-refractivity contribution is 9.10. The number of rotatable bonds is 11. The van der Waals surface area contributed by atoms with Gasteiger partial charge in [-0.2, -0.15) is 0 Å². The average Bonchev–Trinajstić information content (AvgIpc) is 3.10. The molecule has 6 rings (SSSR count). The van der Waals surface area contributed by atoms with E-state index in [1.165, 1.54) is 23.9 Å². The summed E-state index contributed by atoms with van der Waals surface area (Å²) >= 11 is 3.55. The van der Waals surface area contributed by atoms with E-state index in [0.717, 1.165) is 17.7 Å². The Morgan fingerprint density at radius 1 is 0.860 bits per heavy atom. The number of benzene rings is 4. The van der Waals surface area contributed by atoms with E-state index in [4.69, 9.17) is 19.2 Å². The molecule has 4 aromatic carbocycles. The molecule has 0 aliphatic rings. The van der Waals surface area contributed by atoms with Crippen LogP contribution in [0.25, 0.3) is 27.7 Å². The summed E-state index contributed by atoms with van der Waals surface area (Å²) in [5.41, 5.74) is 2.22. The normalized spacial score (nSPS) is 11.3. The van der Waals surface area contributed by atoms with Gasteiger partial charge in [0.2, 0.25) is 11.8 Å². The topological polar surface area (TPSA) is 134 Å². The van der Waals surface area contributed by atoms with Crippen LogP contribution >= 0.6 is 15.9 Å². The van der Waals surface area contributed by atoms with Gasteiger partial charge in [-0.1, -0.05) is 24.3 Å². The van der Waals surface area contributed by atoms with Gasteiger partial charge in [-0.3, -0.25) is 9.52 Å². The summed E-state index contributed by atoms with van der Waals surface area (Å²) in [6.45, 7) is 0.304. The van der Waals surface area contributed by atoms with E-state index >= 15 is 0 Å². The average molecular weight is 765 g/mol. The lowest BCUT2D eigenvalue weighted by Crippen LogP contribution is -2.24. The molecule has 50 heavy (non-hydrogen) atoms. The molecule has 0 amide bonds. The van der Waals surface area contributed by atoms with Crippen LogP contribution in [-0.4, -0.2) is 44.3 Å². The first-order valence-corrected chi connectivity index (χ1v) is 17.1. The third-order valence-corrected chi connectivity index (χ3v) is 9.74. The largest absolute Gasteiger partial charge is 0.493 e. The molecule has 0 aliphatic heterocycles. The molecule has 0 spiro atoms. The zero-order chi connectivity index (χ0) is 35.6. The van der Waals surface area contributed by atoms with Crippen LogP contribution in [0.4, 0.5) is 20.4 Å². The molecule has 0 saturated heterocycles. The number of halogens is 3. The number of pyridine rings is 1. The predicted molar refractivity (Wildman–Crippen MR) is 189 cm³/mol. The number of hydrogen-bond acceptors (Lipinski definition) is 9. The maximum Gasteiger partial charge on any atom is 0.267 e. The summed E-state index contributed by atoms with van der Waals surface area (Å²) in [6, 6.07) is 21.3. The minimum Gasteiger partial charge on any atom is -0.493 e. The van der Waals surface area contributed by atoms with Gasteiger partial charge in [0.1, 0.15) is 22.2 Å². The van der Waals surface area contributed by atoms with Crippen molar-refractivity contribution in [3.05, 3.63) is 123 Å². The number of methoxy groups -OCH3 is 3. The number of nitrogens with zero attached hydrogens (tertiary/aromatic N) is 3. The summed E-state index contributed by atoms with van der Waals surface area (Å²) in [5.74, 6) is -0.856. The van der Waals surface area contributed by atoms with Crippen molar-refractivity contribution < 1.29 is 31.4 Å². The monoisotopic (exact) mass is 763 g/mol. The third kappa shape index (κ3) is 6.82. The van der Waals surface area contributed by atoms with Crippen LogP contribution in [0.3, 0.4) is 0 Å². The molecule has 0 saturated carbocycles. The molecule has 6 aromatic rings. The molecule has 0 aliphatic carbocycles. The summed E-state index contributed by atoms with van der Waals surface area (Å²) in [5, 5.41) is 3.55. The SMILES string of the molecule is COc1ccc(CNc2nc3ccc(-c4cnc(OC)c(NS(=O)(=O)c5ccc(F)cc5F)c4)cc3c(=O)n2-c2ccccc2Br)cc1OC. The van der Waals surface area contributed by atoms with Crippen molar-refractivity contribution in [1.29, 1.82) is 0 Å². The smallest absolute Gasteiger partial charge is 0.267 e. The molecular formula is C35H28BrF2N5O6S. The zero-order valence-electron chi connectivity index (χ0n) is 26.7. The number of sulfonamides is 1. The first-order chi connectivity index (χ1) is 24.0. The van der Waals surface area contributed by atoms with Crippen LogP contribution in [0.15, 0.2) is 105 Å². The zero-order valence-corrected chi connectivity index (χ0v) is 29.1. The van der Waals surface area contributed by atoms with E-state index in [0.29, 0.717) is 50.9 Å². The molecule has 2 N–H and O–H groups in total. The van der Waals surface area contributed by atoms with Crippen molar-refractivity contribution >= 4 is 48.5 Å². The Balaban J connectivity index is 1.42. The van der Waals surface area contributed by atoms with Gasteiger partial charge < -0.3 is 19.5 Å². The molecule has 0 bridgehead atoms. The Bertz CT molecular complexity index is 2430. The van der Waals surface area contributed by atoms with Crippen molar-refractivity contribution in [2.75, 3.05) is 31.4 Å². The van der Waals surface area contributed by atoms with Gasteiger partial charge in [-0.15, -0.1) is 0 Å². The van der Waals surface area contributed by atoms with Gasteiger partial charge in [-0.25, -0.2) is 31.7 Å². The number of hydrogen-bond donors (Lipinski definition) is 2. The van der Waals surface area contributed by atoms with Crippen LogP contribution in [0.2, 0.25) is 0 Å². The number of para-hydroxylation sites is 1. The maximum atomic E-state index is 14.4. The minimum atomic E-state index is -4.51. The molecule has 0 atom stereocenters. The second kappa shape index (κ2) is 14.1. The Hall–Kier alpha value is -5.54. The Morgan fingerprint density at radius 2 is 1.64 bits per heavy atom. The van der Waals surface area contributed by atoms with Crippen molar-refractivity contribution in [3.63, 3.8) is 0 Å². The second-order valence-corrected chi connectivity index (χ2v) is 13.3. The van der Waals surface area contributed by atoms with Crippen molar-refractivity contribution in [1.82, 2.24) is 14.5 Å². The third-order valence-electron chi connectivity index (χ3n) is 7.67. The fourth-order valence-corrected chi connectivity index (χ4v) is 6.82. The molecular weight excluding hydrogens is 736 g/mol. The lowest BCUT2D eigenvalue weighted by molar-refractivity contribution is 0.354. The molecule has 256 valence electrons. The van der Waals surface area contributed by atoms with Crippen LogP contribution in [0.5, 0.6) is 17.4 Å². The highest BCUT2D eigenvalue weighted by Crippen LogP contribution is 2.33. The van der Waals surface area contributed by atoms with Crippen LogP contribution < -0.4 is 29.8 Å². The maximum absolute atomic E-state index is 14.4. The summed E-state index contributed by atoms with van der Waals surface area (Å²) in [6.07, 6.45) is 1.44. The van der Waals surface area contributed by atoms with Crippen LogP contribution in [-0.2, 0) is 16.6 Å². The van der Waals surface area contributed by atoms with Crippen molar-refractivity contribution in [2.45, 2.75) is 11.4 Å². The number of aromatic nitrogens is 3. The standard InChI is InChI=1S/C35H28BrF2N5O6S/c1-47-30-12-8-20(14-31(30)48-2)18-40-35-41-27-11-9-21(15-24(27)34(44)43(35)29-7-5-4-6-25(29)36)22-16-28(33(49-3)39-19-22)42-50(45,46)32-13-10-23(37)17-26(32)38/h4-17,19,42H,18H2,1-3H3,(H,40,41). The first-order valence-electron chi connectivity index (χ1n) is 14.8. The van der Waals surface area contributed by atoms with Gasteiger partial charge in [0.05, 0.1) is 37.9 Å². The molecule has 0 unspecified atom stereocenters. The van der Waals surface area contributed by atoms with Crippen molar-refractivity contribution in [2.24, 2.45) is 0 Å². The number of ether oxygens (including phenoxy) is 3. The number of nitrogens with one attached hydrogen (secondary N) is 2. The van der Waals surface area contributed by atoms with Crippen LogP contribution in [0.1, 0.15) is 5.56 Å². The molecule has 2 aromatic heterocycles. The van der Waals surface area contributed by atoms with Gasteiger partial charge in [-0.05, 0) is 81.7 Å². The first kappa shape index (κ1) is 34.3. The lowest BCUT2D eigenvalue weighted by Gasteiger charge is -2.17. The highest BCUT2D eigenvalue weighted by Gasteiger charge is 2.23. The number of anilines is 2. The van der Waals surface area contributed by atoms with E-state index in [2.05, 4.69) is 31.0 Å². The Labute approximate surface area is 293 Å². The van der Waals surface area contributed by atoms with Gasteiger partial charge in [0.15, 0.2) is 11.5 Å². The van der Waals surface area contributed by atoms with Crippen LogP contribution in [0, 0.1) is 11.6 Å².